The van der Waals surface area contributed by atoms with Crippen LogP contribution in [0.25, 0.3) is 0 Å². The summed E-state index contributed by atoms with van der Waals surface area (Å²) in [6.45, 7) is 0. The molecule has 0 radical (unpaired) electrons. The number of halogens is 2. The van der Waals surface area contributed by atoms with E-state index in [1.54, 1.807) is 0 Å². The predicted octanol–water partition coefficient (Wildman–Crippen LogP) is 2.73. The first kappa shape index (κ1) is 14.2. The lowest BCUT2D eigenvalue weighted by molar-refractivity contribution is 0.449. The van der Waals surface area contributed by atoms with Crippen molar-refractivity contribution in [1.29, 1.82) is 0 Å². The van der Waals surface area contributed by atoms with E-state index in [9.17, 15) is 17.2 Å². The molecule has 6 heteroatoms. The number of hydrogen-bond acceptors (Lipinski definition) is 3. The number of rotatable bonds is 3. The maximum atomic E-state index is 13.5. The van der Waals surface area contributed by atoms with Crippen molar-refractivity contribution in [3.63, 3.8) is 0 Å². The highest BCUT2D eigenvalue weighted by Crippen LogP contribution is 2.27. The number of anilines is 1. The van der Waals surface area contributed by atoms with Crippen LogP contribution in [0.2, 0.25) is 0 Å². The summed E-state index contributed by atoms with van der Waals surface area (Å²) in [5.74, 6) is -1.82. The van der Waals surface area contributed by atoms with Crippen LogP contribution in [-0.4, -0.2) is 26.0 Å². The Morgan fingerprint density at radius 1 is 1.26 bits per heavy atom. The third kappa shape index (κ3) is 3.43. The van der Waals surface area contributed by atoms with Gasteiger partial charge in [-0.1, -0.05) is 12.5 Å². The van der Waals surface area contributed by atoms with E-state index >= 15 is 0 Å². The lowest BCUT2D eigenvalue weighted by Gasteiger charge is -2.29. The summed E-state index contributed by atoms with van der Waals surface area (Å²) in [6.07, 6.45) is 3.84. The molecule has 19 heavy (non-hydrogen) atoms. The molecule has 0 bridgehead atoms. The van der Waals surface area contributed by atoms with Crippen LogP contribution in [0.5, 0.6) is 0 Å². The second-order valence-electron chi connectivity index (χ2n) is 5.06. The molecule has 1 aromatic carbocycles. The zero-order chi connectivity index (χ0) is 14.0. The van der Waals surface area contributed by atoms with Crippen LogP contribution >= 0.6 is 0 Å². The zero-order valence-corrected chi connectivity index (χ0v) is 11.5. The van der Waals surface area contributed by atoms with Crippen LogP contribution < -0.4 is 5.32 Å². The van der Waals surface area contributed by atoms with Crippen molar-refractivity contribution in [3.8, 4) is 0 Å². The summed E-state index contributed by atoms with van der Waals surface area (Å²) in [5.41, 5.74) is 0.0964. The molecule has 1 aliphatic carbocycles. The maximum Gasteiger partial charge on any atom is 0.181 e. The summed E-state index contributed by atoms with van der Waals surface area (Å²) in [7, 11) is -3.08. The third-order valence-electron chi connectivity index (χ3n) is 3.54. The Hall–Kier alpha value is -1.17. The standard InChI is InChI=1S/C13H17F2NO2S/c1-19(17,18)10-5-2-4-9(8-10)16-12-7-3-6-11(14)13(12)15/h3,6-7,9-10,16H,2,4-5,8H2,1H3. The van der Waals surface area contributed by atoms with Gasteiger partial charge >= 0.3 is 0 Å². The molecule has 2 unspecified atom stereocenters. The van der Waals surface area contributed by atoms with Gasteiger partial charge in [0.05, 0.1) is 10.9 Å². The molecule has 1 saturated carbocycles. The van der Waals surface area contributed by atoms with Crippen molar-refractivity contribution in [3.05, 3.63) is 29.8 Å². The minimum atomic E-state index is -3.08. The Morgan fingerprint density at radius 2 is 2.00 bits per heavy atom. The largest absolute Gasteiger partial charge is 0.380 e. The van der Waals surface area contributed by atoms with Crippen LogP contribution in [0.4, 0.5) is 14.5 Å². The molecule has 0 saturated heterocycles. The van der Waals surface area contributed by atoms with Crippen molar-refractivity contribution < 1.29 is 17.2 Å². The molecule has 1 fully saturated rings. The van der Waals surface area contributed by atoms with Crippen LogP contribution in [-0.2, 0) is 9.84 Å². The number of benzene rings is 1. The zero-order valence-electron chi connectivity index (χ0n) is 10.7. The summed E-state index contributed by atoms with van der Waals surface area (Å²) in [4.78, 5) is 0. The first-order valence-electron chi connectivity index (χ1n) is 6.27. The van der Waals surface area contributed by atoms with Crippen molar-refractivity contribution in [2.24, 2.45) is 0 Å². The average Bonchev–Trinajstić information content (AvgIpc) is 2.34. The molecule has 1 aromatic rings. The topological polar surface area (TPSA) is 46.2 Å². The van der Waals surface area contributed by atoms with Crippen molar-refractivity contribution in [1.82, 2.24) is 0 Å². The van der Waals surface area contributed by atoms with Gasteiger partial charge in [0.15, 0.2) is 11.6 Å². The molecule has 2 atom stereocenters. The SMILES string of the molecule is CS(=O)(=O)C1CCCC(Nc2cccc(F)c2F)C1. The van der Waals surface area contributed by atoms with Gasteiger partial charge in [0.2, 0.25) is 0 Å². The van der Waals surface area contributed by atoms with Gasteiger partial charge < -0.3 is 5.32 Å². The third-order valence-corrected chi connectivity index (χ3v) is 5.18. The van der Waals surface area contributed by atoms with Crippen molar-refractivity contribution in [2.75, 3.05) is 11.6 Å². The molecular formula is C13H17F2NO2S. The summed E-state index contributed by atoms with van der Waals surface area (Å²) in [5, 5.41) is 2.52. The van der Waals surface area contributed by atoms with Crippen LogP contribution in [0.1, 0.15) is 25.7 Å². The fourth-order valence-electron chi connectivity index (χ4n) is 2.50. The highest BCUT2D eigenvalue weighted by Gasteiger charge is 2.29. The molecule has 2 rings (SSSR count). The highest BCUT2D eigenvalue weighted by atomic mass is 32.2. The number of nitrogens with one attached hydrogen (secondary N) is 1. The van der Waals surface area contributed by atoms with Gasteiger partial charge in [-0.05, 0) is 31.4 Å². The van der Waals surface area contributed by atoms with E-state index in [2.05, 4.69) is 5.32 Å². The molecule has 106 valence electrons. The molecular weight excluding hydrogens is 272 g/mol. The van der Waals surface area contributed by atoms with Gasteiger partial charge in [0.1, 0.15) is 9.84 Å². The number of sulfone groups is 1. The summed E-state index contributed by atoms with van der Waals surface area (Å²) in [6, 6.07) is 3.81. The predicted molar refractivity (Wildman–Crippen MR) is 70.9 cm³/mol. The lowest BCUT2D eigenvalue weighted by atomic mass is 9.94. The average molecular weight is 289 g/mol. The smallest absolute Gasteiger partial charge is 0.181 e. The van der Waals surface area contributed by atoms with Crippen LogP contribution in [0.3, 0.4) is 0 Å². The Bertz CT molecular complexity index is 560. The van der Waals surface area contributed by atoms with Gasteiger partial charge in [0.25, 0.3) is 0 Å². The van der Waals surface area contributed by atoms with Crippen molar-refractivity contribution >= 4 is 15.5 Å². The first-order valence-corrected chi connectivity index (χ1v) is 8.23. The Kier molecular flexibility index (Phi) is 4.08. The molecule has 1 N–H and O–H groups in total. The minimum absolute atomic E-state index is 0.0964. The molecule has 3 nitrogen and oxygen atoms in total. The quantitative estimate of drug-likeness (QED) is 0.930. The molecule has 0 heterocycles. The fourth-order valence-corrected chi connectivity index (χ4v) is 3.68. The van der Waals surface area contributed by atoms with Crippen molar-refractivity contribution in [2.45, 2.75) is 37.0 Å². The van der Waals surface area contributed by atoms with Crippen LogP contribution in [0, 0.1) is 11.6 Å². The van der Waals surface area contributed by atoms with E-state index in [4.69, 9.17) is 0 Å². The van der Waals surface area contributed by atoms with Gasteiger partial charge in [0, 0.05) is 12.3 Å². The van der Waals surface area contributed by atoms with E-state index in [0.717, 1.165) is 18.9 Å². The van der Waals surface area contributed by atoms with E-state index in [0.29, 0.717) is 12.8 Å². The Balaban J connectivity index is 2.09. The Labute approximate surface area is 111 Å². The first-order chi connectivity index (χ1) is 8.88. The number of hydrogen-bond donors (Lipinski definition) is 1. The Morgan fingerprint density at radius 3 is 2.68 bits per heavy atom. The molecule has 0 aromatic heterocycles. The second-order valence-corrected chi connectivity index (χ2v) is 7.39. The van der Waals surface area contributed by atoms with E-state index in [-0.39, 0.29) is 11.7 Å². The normalized spacial score (nSPS) is 24.2. The van der Waals surface area contributed by atoms with Gasteiger partial charge in [-0.3, -0.25) is 0 Å². The summed E-state index contributed by atoms with van der Waals surface area (Å²) >= 11 is 0. The van der Waals surface area contributed by atoms with E-state index in [1.807, 2.05) is 0 Å². The van der Waals surface area contributed by atoms with Gasteiger partial charge in [-0.2, -0.15) is 0 Å². The lowest BCUT2D eigenvalue weighted by Crippen LogP contribution is -2.34. The molecule has 0 amide bonds. The monoisotopic (exact) mass is 289 g/mol. The maximum absolute atomic E-state index is 13.5. The fraction of sp³-hybridized carbons (Fsp3) is 0.538. The van der Waals surface area contributed by atoms with Crippen LogP contribution in [0.15, 0.2) is 18.2 Å². The highest BCUT2D eigenvalue weighted by molar-refractivity contribution is 7.91. The molecule has 0 aliphatic heterocycles. The molecule has 1 aliphatic rings. The molecule has 0 spiro atoms. The van der Waals surface area contributed by atoms with Gasteiger partial charge in [-0.15, -0.1) is 0 Å². The van der Waals surface area contributed by atoms with E-state index in [1.165, 1.54) is 18.4 Å². The minimum Gasteiger partial charge on any atom is -0.380 e. The summed E-state index contributed by atoms with van der Waals surface area (Å²) < 4.78 is 49.7. The second kappa shape index (κ2) is 5.45. The van der Waals surface area contributed by atoms with E-state index < -0.39 is 26.7 Å². The van der Waals surface area contributed by atoms with Gasteiger partial charge in [-0.25, -0.2) is 17.2 Å².